The van der Waals surface area contributed by atoms with E-state index in [2.05, 4.69) is 15.4 Å². The first-order valence-electron chi connectivity index (χ1n) is 8.20. The molecule has 0 aliphatic carbocycles. The van der Waals surface area contributed by atoms with Crippen molar-refractivity contribution in [2.75, 3.05) is 18.1 Å². The lowest BCUT2D eigenvalue weighted by Crippen LogP contribution is -2.47. The molecule has 4 rings (SSSR count). The summed E-state index contributed by atoms with van der Waals surface area (Å²) in [5.41, 5.74) is 2.20. The Kier molecular flexibility index (Phi) is 3.98. The summed E-state index contributed by atoms with van der Waals surface area (Å²) in [4.78, 5) is 14.5. The van der Waals surface area contributed by atoms with Gasteiger partial charge in [0, 0.05) is 25.4 Å². The van der Waals surface area contributed by atoms with Gasteiger partial charge in [-0.15, -0.1) is 5.10 Å². The van der Waals surface area contributed by atoms with E-state index < -0.39 is 15.9 Å². The summed E-state index contributed by atoms with van der Waals surface area (Å²) in [6, 6.07) is 6.86. The number of rotatable bonds is 3. The van der Waals surface area contributed by atoms with Gasteiger partial charge in [-0.1, -0.05) is 17.3 Å². The number of sulfone groups is 1. The smallest absolute Gasteiger partial charge is 0.244 e. The number of carbonyl (C=O) groups is 1. The molecule has 1 fully saturated rings. The van der Waals surface area contributed by atoms with Crippen LogP contribution in [0.4, 0.5) is 0 Å². The molecule has 1 aliphatic rings. The Balaban J connectivity index is 1.62. The van der Waals surface area contributed by atoms with E-state index in [1.807, 2.05) is 24.3 Å². The molecule has 0 N–H and O–H groups in total. The highest BCUT2D eigenvalue weighted by atomic mass is 32.2. The third kappa shape index (κ3) is 3.07. The highest BCUT2D eigenvalue weighted by Crippen LogP contribution is 2.27. The molecule has 3 aromatic rings. The molecule has 1 atom stereocenters. The number of fused-ring (bicyclic) bond motifs is 1. The Morgan fingerprint density at radius 1 is 1.31 bits per heavy atom. The standard InChI is InChI=1S/C16H18N6O3S/c1-20-9-12(8-17-20)15-11-26(24,25)7-6-21(15)16(23)10-22-14-5-3-2-4-13(14)18-19-22/h2-5,8-9,15H,6-7,10-11H2,1H3/t15-/m1/s1. The minimum atomic E-state index is -3.20. The topological polar surface area (TPSA) is 103 Å². The highest BCUT2D eigenvalue weighted by molar-refractivity contribution is 7.91. The number of amides is 1. The molecule has 0 radical (unpaired) electrons. The van der Waals surface area contributed by atoms with Crippen LogP contribution in [0.3, 0.4) is 0 Å². The van der Waals surface area contributed by atoms with Crippen LogP contribution < -0.4 is 0 Å². The first-order valence-corrected chi connectivity index (χ1v) is 10.0. The summed E-state index contributed by atoms with van der Waals surface area (Å²) in [6.45, 7) is 0.171. The molecule has 0 saturated carbocycles. The van der Waals surface area contributed by atoms with Crippen molar-refractivity contribution in [3.63, 3.8) is 0 Å². The molecule has 136 valence electrons. The van der Waals surface area contributed by atoms with Crippen LogP contribution in [-0.4, -0.2) is 62.0 Å². The van der Waals surface area contributed by atoms with Gasteiger partial charge in [0.2, 0.25) is 5.91 Å². The minimum Gasteiger partial charge on any atom is -0.332 e. The lowest BCUT2D eigenvalue weighted by molar-refractivity contribution is -0.134. The van der Waals surface area contributed by atoms with Gasteiger partial charge in [-0.2, -0.15) is 5.10 Å². The fourth-order valence-electron chi connectivity index (χ4n) is 3.25. The van der Waals surface area contributed by atoms with Crippen LogP contribution in [0.5, 0.6) is 0 Å². The van der Waals surface area contributed by atoms with Gasteiger partial charge in [-0.05, 0) is 12.1 Å². The molecule has 0 spiro atoms. The van der Waals surface area contributed by atoms with Crippen LogP contribution in [0.1, 0.15) is 11.6 Å². The average molecular weight is 374 g/mol. The third-order valence-corrected chi connectivity index (χ3v) is 6.19. The predicted octanol–water partition coefficient (Wildman–Crippen LogP) is 0.163. The van der Waals surface area contributed by atoms with Crippen molar-refractivity contribution in [1.82, 2.24) is 29.7 Å². The van der Waals surface area contributed by atoms with Crippen molar-refractivity contribution < 1.29 is 13.2 Å². The van der Waals surface area contributed by atoms with E-state index in [1.165, 1.54) is 0 Å². The minimum absolute atomic E-state index is 0.0112. The Bertz CT molecular complexity index is 1070. The third-order valence-electron chi connectivity index (χ3n) is 4.57. The Morgan fingerprint density at radius 2 is 2.12 bits per heavy atom. The maximum Gasteiger partial charge on any atom is 0.244 e. The molecule has 10 heteroatoms. The number of aryl methyl sites for hydroxylation is 1. The van der Waals surface area contributed by atoms with Crippen LogP contribution in [0.25, 0.3) is 11.0 Å². The number of hydrogen-bond acceptors (Lipinski definition) is 6. The monoisotopic (exact) mass is 374 g/mol. The SMILES string of the molecule is Cn1cc([C@H]2CS(=O)(=O)CCN2C(=O)Cn2nnc3ccccc32)cn1. The molecule has 0 bridgehead atoms. The van der Waals surface area contributed by atoms with Crippen LogP contribution in [0, 0.1) is 0 Å². The summed E-state index contributed by atoms with van der Waals surface area (Å²) in [5.74, 6) is -0.319. The van der Waals surface area contributed by atoms with E-state index in [4.69, 9.17) is 0 Å². The number of para-hydroxylation sites is 1. The Hall–Kier alpha value is -2.75. The molecule has 1 amide bonds. The number of hydrogen-bond donors (Lipinski definition) is 0. The van der Waals surface area contributed by atoms with E-state index in [1.54, 1.807) is 33.7 Å². The molecule has 0 unspecified atom stereocenters. The molecule has 1 aliphatic heterocycles. The first kappa shape index (κ1) is 16.7. The fraction of sp³-hybridized carbons (Fsp3) is 0.375. The van der Waals surface area contributed by atoms with Crippen LogP contribution in [0.15, 0.2) is 36.7 Å². The zero-order valence-electron chi connectivity index (χ0n) is 14.2. The van der Waals surface area contributed by atoms with Gasteiger partial charge in [0.05, 0.1) is 29.3 Å². The van der Waals surface area contributed by atoms with E-state index in [0.29, 0.717) is 11.1 Å². The second-order valence-corrected chi connectivity index (χ2v) is 8.63. The van der Waals surface area contributed by atoms with Crippen molar-refractivity contribution in [3.8, 4) is 0 Å². The first-order chi connectivity index (χ1) is 12.4. The molecule has 2 aromatic heterocycles. The number of carbonyl (C=O) groups excluding carboxylic acids is 1. The molecule has 1 aromatic carbocycles. The predicted molar refractivity (Wildman–Crippen MR) is 93.8 cm³/mol. The van der Waals surface area contributed by atoms with E-state index in [-0.39, 0.29) is 30.5 Å². The van der Waals surface area contributed by atoms with Gasteiger partial charge in [-0.25, -0.2) is 13.1 Å². The molecule has 3 heterocycles. The quantitative estimate of drug-likeness (QED) is 0.647. The average Bonchev–Trinajstić information content (AvgIpc) is 3.21. The van der Waals surface area contributed by atoms with Crippen LogP contribution >= 0.6 is 0 Å². The van der Waals surface area contributed by atoms with Gasteiger partial charge in [0.1, 0.15) is 12.1 Å². The van der Waals surface area contributed by atoms with Crippen molar-refractivity contribution in [2.45, 2.75) is 12.6 Å². The molecule has 26 heavy (non-hydrogen) atoms. The van der Waals surface area contributed by atoms with Gasteiger partial charge in [0.15, 0.2) is 9.84 Å². The summed E-state index contributed by atoms with van der Waals surface area (Å²) >= 11 is 0. The largest absolute Gasteiger partial charge is 0.332 e. The highest BCUT2D eigenvalue weighted by Gasteiger charge is 2.36. The van der Waals surface area contributed by atoms with Gasteiger partial charge >= 0.3 is 0 Å². The van der Waals surface area contributed by atoms with Gasteiger partial charge in [0.25, 0.3) is 0 Å². The van der Waals surface area contributed by atoms with Gasteiger partial charge in [-0.3, -0.25) is 9.48 Å². The fourth-order valence-corrected chi connectivity index (χ4v) is 4.74. The lowest BCUT2D eigenvalue weighted by atomic mass is 10.1. The Morgan fingerprint density at radius 3 is 2.88 bits per heavy atom. The maximum atomic E-state index is 12.9. The zero-order valence-corrected chi connectivity index (χ0v) is 15.0. The Labute approximate surface area is 150 Å². The summed E-state index contributed by atoms with van der Waals surface area (Å²) in [5, 5.41) is 12.2. The van der Waals surface area contributed by atoms with E-state index >= 15 is 0 Å². The van der Waals surface area contributed by atoms with Crippen molar-refractivity contribution in [3.05, 3.63) is 42.2 Å². The second kappa shape index (κ2) is 6.20. The molecule has 9 nitrogen and oxygen atoms in total. The number of nitrogens with zero attached hydrogens (tertiary/aromatic N) is 6. The van der Waals surface area contributed by atoms with Crippen molar-refractivity contribution in [2.24, 2.45) is 7.05 Å². The normalized spacial score (nSPS) is 19.7. The van der Waals surface area contributed by atoms with Crippen LogP contribution in [-0.2, 0) is 28.2 Å². The number of aromatic nitrogens is 5. The maximum absolute atomic E-state index is 12.9. The van der Waals surface area contributed by atoms with E-state index in [9.17, 15) is 13.2 Å². The molecule has 1 saturated heterocycles. The van der Waals surface area contributed by atoms with E-state index in [0.717, 1.165) is 5.52 Å². The molecular formula is C16H18N6O3S. The zero-order chi connectivity index (χ0) is 18.3. The lowest BCUT2D eigenvalue weighted by Gasteiger charge is -2.35. The second-order valence-electron chi connectivity index (χ2n) is 6.40. The summed E-state index contributed by atoms with van der Waals surface area (Å²) in [6.07, 6.45) is 3.35. The summed E-state index contributed by atoms with van der Waals surface area (Å²) < 4.78 is 27.4. The van der Waals surface area contributed by atoms with Crippen molar-refractivity contribution >= 4 is 26.8 Å². The van der Waals surface area contributed by atoms with Crippen molar-refractivity contribution in [1.29, 1.82) is 0 Å². The van der Waals surface area contributed by atoms with Crippen LogP contribution in [0.2, 0.25) is 0 Å². The summed E-state index contributed by atoms with van der Waals surface area (Å²) in [7, 11) is -1.44. The molecular weight excluding hydrogens is 356 g/mol. The number of benzene rings is 1. The van der Waals surface area contributed by atoms with Gasteiger partial charge < -0.3 is 4.90 Å².